The second-order valence-electron chi connectivity index (χ2n) is 3.49. The van der Waals surface area contributed by atoms with Crippen LogP contribution in [-0.2, 0) is 16.0 Å². The van der Waals surface area contributed by atoms with Crippen molar-refractivity contribution < 1.29 is 14.6 Å². The molecule has 0 spiro atoms. The Balaban J connectivity index is 2.33. The molecule has 0 fully saturated rings. The predicted octanol–water partition coefficient (Wildman–Crippen LogP) is 1.32. The summed E-state index contributed by atoms with van der Waals surface area (Å²) in [5, 5.41) is 10.8. The molecule has 90 valence electrons. The summed E-state index contributed by atoms with van der Waals surface area (Å²) in [6, 6.07) is 4.08. The molecule has 0 aliphatic rings. The molecule has 0 saturated carbocycles. The SMILES string of the molecule is COCCN(CCc1cccs1)CC(=O)O. The molecule has 0 saturated heterocycles. The van der Waals surface area contributed by atoms with Gasteiger partial charge in [-0.1, -0.05) is 6.07 Å². The quantitative estimate of drug-likeness (QED) is 0.748. The predicted molar refractivity (Wildman–Crippen MR) is 64.0 cm³/mol. The Kier molecular flexibility index (Phi) is 6.07. The fraction of sp³-hybridized carbons (Fsp3) is 0.545. The maximum atomic E-state index is 10.7. The summed E-state index contributed by atoms with van der Waals surface area (Å²) in [4.78, 5) is 13.8. The minimum Gasteiger partial charge on any atom is -0.480 e. The van der Waals surface area contributed by atoms with Crippen molar-refractivity contribution in [3.05, 3.63) is 22.4 Å². The van der Waals surface area contributed by atoms with Gasteiger partial charge in [0.05, 0.1) is 13.2 Å². The number of rotatable bonds is 8. The average molecular weight is 243 g/mol. The van der Waals surface area contributed by atoms with Crippen LogP contribution >= 0.6 is 11.3 Å². The molecule has 0 aliphatic heterocycles. The summed E-state index contributed by atoms with van der Waals surface area (Å²) in [5.41, 5.74) is 0. The van der Waals surface area contributed by atoms with E-state index in [2.05, 4.69) is 6.07 Å². The third kappa shape index (κ3) is 5.25. The number of ether oxygens (including phenoxy) is 1. The number of aliphatic carboxylic acids is 1. The molecule has 1 heterocycles. The lowest BCUT2D eigenvalue weighted by molar-refractivity contribution is -0.138. The van der Waals surface area contributed by atoms with Crippen LogP contribution in [0.1, 0.15) is 4.88 Å². The Bertz CT molecular complexity index is 300. The van der Waals surface area contributed by atoms with Crippen LogP contribution in [0.2, 0.25) is 0 Å². The lowest BCUT2D eigenvalue weighted by Gasteiger charge is -2.19. The van der Waals surface area contributed by atoms with Crippen LogP contribution in [-0.4, -0.2) is 49.3 Å². The van der Waals surface area contributed by atoms with Crippen LogP contribution in [0.3, 0.4) is 0 Å². The molecule has 0 radical (unpaired) electrons. The van der Waals surface area contributed by atoms with E-state index < -0.39 is 5.97 Å². The number of hydrogen-bond acceptors (Lipinski definition) is 4. The molecule has 16 heavy (non-hydrogen) atoms. The van der Waals surface area contributed by atoms with Gasteiger partial charge in [0.2, 0.25) is 0 Å². The molecule has 0 aromatic carbocycles. The Hall–Kier alpha value is -0.910. The topological polar surface area (TPSA) is 49.8 Å². The van der Waals surface area contributed by atoms with Gasteiger partial charge in [-0.15, -0.1) is 11.3 Å². The van der Waals surface area contributed by atoms with E-state index in [4.69, 9.17) is 9.84 Å². The van der Waals surface area contributed by atoms with E-state index in [-0.39, 0.29) is 6.54 Å². The Morgan fingerprint density at radius 1 is 1.56 bits per heavy atom. The monoisotopic (exact) mass is 243 g/mol. The molecule has 1 N–H and O–H groups in total. The highest BCUT2D eigenvalue weighted by Gasteiger charge is 2.09. The molecule has 4 nitrogen and oxygen atoms in total. The third-order valence-corrected chi connectivity index (χ3v) is 3.16. The molecule has 0 bridgehead atoms. The van der Waals surface area contributed by atoms with Gasteiger partial charge in [-0.05, 0) is 17.9 Å². The summed E-state index contributed by atoms with van der Waals surface area (Å²) in [6.07, 6.45) is 0.897. The highest BCUT2D eigenvalue weighted by molar-refractivity contribution is 7.09. The minimum atomic E-state index is -0.790. The summed E-state index contributed by atoms with van der Waals surface area (Å²) in [7, 11) is 1.62. The number of carboxylic acids is 1. The zero-order chi connectivity index (χ0) is 11.8. The second-order valence-corrected chi connectivity index (χ2v) is 4.52. The van der Waals surface area contributed by atoms with Crippen LogP contribution in [0.4, 0.5) is 0 Å². The van der Waals surface area contributed by atoms with Gasteiger partial charge in [0.1, 0.15) is 0 Å². The average Bonchev–Trinajstić information content (AvgIpc) is 2.74. The fourth-order valence-corrected chi connectivity index (χ4v) is 2.10. The van der Waals surface area contributed by atoms with Crippen LogP contribution < -0.4 is 0 Å². The maximum Gasteiger partial charge on any atom is 0.317 e. The van der Waals surface area contributed by atoms with E-state index in [0.29, 0.717) is 13.2 Å². The van der Waals surface area contributed by atoms with Crippen molar-refractivity contribution in [2.24, 2.45) is 0 Å². The summed E-state index contributed by atoms with van der Waals surface area (Å²) in [5.74, 6) is -0.790. The third-order valence-electron chi connectivity index (χ3n) is 2.23. The van der Waals surface area contributed by atoms with Crippen molar-refractivity contribution in [3.63, 3.8) is 0 Å². The summed E-state index contributed by atoms with van der Waals surface area (Å²) >= 11 is 1.70. The highest BCUT2D eigenvalue weighted by atomic mass is 32.1. The molecule has 0 aliphatic carbocycles. The van der Waals surface area contributed by atoms with Gasteiger partial charge in [0.15, 0.2) is 0 Å². The van der Waals surface area contributed by atoms with Gasteiger partial charge in [0, 0.05) is 25.1 Å². The van der Waals surface area contributed by atoms with Crippen molar-refractivity contribution in [1.29, 1.82) is 0 Å². The van der Waals surface area contributed by atoms with Crippen LogP contribution in [0.25, 0.3) is 0 Å². The smallest absolute Gasteiger partial charge is 0.317 e. The summed E-state index contributed by atoms with van der Waals surface area (Å²) in [6.45, 7) is 2.07. The van der Waals surface area contributed by atoms with Crippen molar-refractivity contribution in [3.8, 4) is 0 Å². The van der Waals surface area contributed by atoms with Gasteiger partial charge in [-0.3, -0.25) is 9.69 Å². The zero-order valence-corrected chi connectivity index (χ0v) is 10.2. The molecule has 0 amide bonds. The van der Waals surface area contributed by atoms with Gasteiger partial charge in [0.25, 0.3) is 0 Å². The van der Waals surface area contributed by atoms with Gasteiger partial charge >= 0.3 is 5.97 Å². The molecule has 1 aromatic heterocycles. The number of hydrogen-bond donors (Lipinski definition) is 1. The fourth-order valence-electron chi connectivity index (χ4n) is 1.40. The first-order chi connectivity index (χ1) is 7.72. The molecular formula is C11H17NO3S. The maximum absolute atomic E-state index is 10.7. The number of thiophene rings is 1. The van der Waals surface area contributed by atoms with Crippen LogP contribution in [0.15, 0.2) is 17.5 Å². The highest BCUT2D eigenvalue weighted by Crippen LogP contribution is 2.09. The van der Waals surface area contributed by atoms with Crippen molar-refractivity contribution in [2.75, 3.05) is 33.4 Å². The normalized spacial score (nSPS) is 10.9. The first kappa shape index (κ1) is 13.2. The van der Waals surface area contributed by atoms with Crippen LogP contribution in [0.5, 0.6) is 0 Å². The van der Waals surface area contributed by atoms with Crippen molar-refractivity contribution >= 4 is 17.3 Å². The zero-order valence-electron chi connectivity index (χ0n) is 9.39. The number of nitrogens with zero attached hydrogens (tertiary/aromatic N) is 1. The van der Waals surface area contributed by atoms with E-state index in [0.717, 1.165) is 13.0 Å². The number of carboxylic acid groups (broad SMARTS) is 1. The Morgan fingerprint density at radius 3 is 2.94 bits per heavy atom. The number of carbonyl (C=O) groups is 1. The van der Waals surface area contributed by atoms with Gasteiger partial charge in [-0.25, -0.2) is 0 Å². The first-order valence-electron chi connectivity index (χ1n) is 5.18. The Labute approximate surface area is 99.5 Å². The van der Waals surface area contributed by atoms with Gasteiger partial charge < -0.3 is 9.84 Å². The van der Waals surface area contributed by atoms with E-state index in [1.807, 2.05) is 16.3 Å². The molecule has 0 atom stereocenters. The largest absolute Gasteiger partial charge is 0.480 e. The lowest BCUT2D eigenvalue weighted by Crippen LogP contribution is -2.34. The summed E-state index contributed by atoms with van der Waals surface area (Å²) < 4.78 is 4.96. The molecule has 0 unspecified atom stereocenters. The molecule has 1 rings (SSSR count). The lowest BCUT2D eigenvalue weighted by atomic mass is 10.3. The van der Waals surface area contributed by atoms with Crippen molar-refractivity contribution in [2.45, 2.75) is 6.42 Å². The van der Waals surface area contributed by atoms with E-state index in [9.17, 15) is 4.79 Å². The van der Waals surface area contributed by atoms with Gasteiger partial charge in [-0.2, -0.15) is 0 Å². The second kappa shape index (κ2) is 7.38. The van der Waals surface area contributed by atoms with Crippen LogP contribution in [0, 0.1) is 0 Å². The minimum absolute atomic E-state index is 0.0781. The van der Waals surface area contributed by atoms with E-state index >= 15 is 0 Å². The first-order valence-corrected chi connectivity index (χ1v) is 6.06. The standard InChI is InChI=1S/C11H17NO3S/c1-15-7-6-12(9-11(13)14)5-4-10-3-2-8-16-10/h2-3,8H,4-7,9H2,1H3,(H,13,14). The Morgan fingerprint density at radius 2 is 2.38 bits per heavy atom. The molecule has 5 heteroatoms. The van der Waals surface area contributed by atoms with E-state index in [1.54, 1.807) is 18.4 Å². The number of methoxy groups -OCH3 is 1. The molecular weight excluding hydrogens is 226 g/mol. The molecule has 1 aromatic rings. The van der Waals surface area contributed by atoms with E-state index in [1.165, 1.54) is 4.88 Å². The van der Waals surface area contributed by atoms with Crippen molar-refractivity contribution in [1.82, 2.24) is 4.90 Å².